The Balaban J connectivity index is 1.91. The van der Waals surface area contributed by atoms with Crippen LogP contribution in [0, 0.1) is 20.8 Å². The lowest BCUT2D eigenvalue weighted by atomic mass is 10.1. The van der Waals surface area contributed by atoms with Gasteiger partial charge in [-0.1, -0.05) is 54.1 Å². The van der Waals surface area contributed by atoms with Crippen LogP contribution in [-0.2, 0) is 4.57 Å². The minimum atomic E-state index is -4.14. The number of nitrogens with one attached hydrogen (secondary N) is 2. The van der Waals surface area contributed by atoms with Crippen LogP contribution in [0.4, 0.5) is 0 Å². The van der Waals surface area contributed by atoms with Crippen molar-refractivity contribution in [2.24, 2.45) is 0 Å². The van der Waals surface area contributed by atoms with E-state index in [1.165, 1.54) is 0 Å². The van der Waals surface area contributed by atoms with Crippen LogP contribution in [0.2, 0.25) is 0 Å². The molecule has 0 aliphatic rings. The van der Waals surface area contributed by atoms with Gasteiger partial charge in [0.25, 0.3) is 11.8 Å². The monoisotopic (exact) mass is 422 g/mol. The van der Waals surface area contributed by atoms with Crippen molar-refractivity contribution in [3.63, 3.8) is 0 Å². The molecule has 0 fully saturated rings. The molecule has 6 nitrogen and oxygen atoms in total. The van der Waals surface area contributed by atoms with Gasteiger partial charge in [-0.05, 0) is 56.2 Å². The second-order valence-corrected chi connectivity index (χ2v) is 8.70. The van der Waals surface area contributed by atoms with Gasteiger partial charge in [-0.25, -0.2) is 4.57 Å². The lowest BCUT2D eigenvalue weighted by molar-refractivity contribution is 0.0968. The molecule has 0 aromatic heterocycles. The van der Waals surface area contributed by atoms with Gasteiger partial charge in [0.2, 0.25) is 0 Å². The van der Waals surface area contributed by atoms with E-state index < -0.39 is 19.5 Å². The maximum Gasteiger partial charge on any atom is 0.449 e. The molecule has 0 saturated carbocycles. The van der Waals surface area contributed by atoms with E-state index in [1.54, 1.807) is 86.6 Å². The Kier molecular flexibility index (Phi) is 6.38. The normalized spacial score (nSPS) is 10.9. The summed E-state index contributed by atoms with van der Waals surface area (Å²) in [7, 11) is -4.14. The van der Waals surface area contributed by atoms with Gasteiger partial charge >= 0.3 is 7.67 Å². The van der Waals surface area contributed by atoms with Crippen molar-refractivity contribution in [3.05, 3.63) is 101 Å². The SMILES string of the molecule is Cc1ccc(OP(=O)(NC(=O)c2ccccc2C)NC(=O)c2ccccc2C)cc1. The Hall–Kier alpha value is -3.37. The number of carbonyl (C=O) groups is 2. The number of amides is 2. The highest BCUT2D eigenvalue weighted by Gasteiger charge is 2.32. The van der Waals surface area contributed by atoms with Gasteiger partial charge in [0.05, 0.1) is 0 Å². The lowest BCUT2D eigenvalue weighted by Gasteiger charge is -2.21. The first-order valence-corrected chi connectivity index (χ1v) is 11.0. The van der Waals surface area contributed by atoms with Gasteiger partial charge in [-0.2, -0.15) is 0 Å². The number of hydrogen-bond donors (Lipinski definition) is 2. The van der Waals surface area contributed by atoms with Crippen LogP contribution in [0.15, 0.2) is 72.8 Å². The Labute approximate surface area is 175 Å². The maximum atomic E-state index is 13.6. The number of aryl methyl sites for hydroxylation is 3. The van der Waals surface area contributed by atoms with Gasteiger partial charge in [0.15, 0.2) is 0 Å². The van der Waals surface area contributed by atoms with Crippen LogP contribution in [0.1, 0.15) is 37.4 Å². The van der Waals surface area contributed by atoms with Gasteiger partial charge in [0.1, 0.15) is 5.75 Å². The summed E-state index contributed by atoms with van der Waals surface area (Å²) in [5.74, 6) is -0.943. The fourth-order valence-electron chi connectivity index (χ4n) is 2.86. The van der Waals surface area contributed by atoms with Crippen molar-refractivity contribution in [1.82, 2.24) is 10.2 Å². The number of rotatable bonds is 6. The van der Waals surface area contributed by atoms with Gasteiger partial charge in [0, 0.05) is 11.1 Å². The average molecular weight is 422 g/mol. The van der Waals surface area contributed by atoms with Crippen molar-refractivity contribution in [3.8, 4) is 5.75 Å². The largest absolute Gasteiger partial charge is 0.449 e. The summed E-state index contributed by atoms with van der Waals surface area (Å²) in [4.78, 5) is 25.6. The minimum Gasteiger partial charge on any atom is -0.414 e. The molecule has 3 aromatic carbocycles. The van der Waals surface area contributed by atoms with E-state index in [0.717, 1.165) is 5.56 Å². The zero-order chi connectivity index (χ0) is 21.7. The zero-order valence-corrected chi connectivity index (χ0v) is 17.9. The molecule has 2 N–H and O–H groups in total. The topological polar surface area (TPSA) is 84.5 Å². The van der Waals surface area contributed by atoms with Crippen LogP contribution in [-0.4, -0.2) is 11.8 Å². The molecule has 0 heterocycles. The van der Waals surface area contributed by atoms with Crippen molar-refractivity contribution >= 4 is 19.5 Å². The van der Waals surface area contributed by atoms with Gasteiger partial charge in [-0.15, -0.1) is 0 Å². The lowest BCUT2D eigenvalue weighted by Crippen LogP contribution is -2.34. The van der Waals surface area contributed by atoms with Crippen molar-refractivity contribution < 1.29 is 18.7 Å². The molecule has 0 spiro atoms. The molecule has 0 aliphatic carbocycles. The molecule has 0 saturated heterocycles. The molecule has 30 heavy (non-hydrogen) atoms. The van der Waals surface area contributed by atoms with Crippen LogP contribution in [0.25, 0.3) is 0 Å². The highest BCUT2D eigenvalue weighted by Crippen LogP contribution is 2.40. The molecular formula is C23H23N2O4P. The van der Waals surface area contributed by atoms with E-state index in [1.807, 2.05) is 6.92 Å². The summed E-state index contributed by atoms with van der Waals surface area (Å²) in [6, 6.07) is 20.6. The molecule has 0 unspecified atom stereocenters. The van der Waals surface area contributed by atoms with E-state index in [9.17, 15) is 14.2 Å². The molecule has 7 heteroatoms. The highest BCUT2D eigenvalue weighted by molar-refractivity contribution is 7.56. The molecule has 2 amide bonds. The van der Waals surface area contributed by atoms with Gasteiger partial charge in [-0.3, -0.25) is 19.8 Å². The summed E-state index contributed by atoms with van der Waals surface area (Å²) in [5, 5.41) is 4.79. The Morgan fingerprint density at radius 3 is 1.57 bits per heavy atom. The standard InChI is InChI=1S/C23H23N2O4P/c1-16-12-14-19(15-13-16)29-30(28,24-22(26)20-10-6-4-8-17(20)2)25-23(27)21-11-7-5-9-18(21)3/h4-15H,1-3H3,(H2,24,25,26,27,28). The third-order valence-corrected chi connectivity index (χ3v) is 5.99. The van der Waals surface area contributed by atoms with Gasteiger partial charge < -0.3 is 4.52 Å². The van der Waals surface area contributed by atoms with Crippen LogP contribution in [0.5, 0.6) is 5.75 Å². The van der Waals surface area contributed by atoms with Crippen molar-refractivity contribution in [2.45, 2.75) is 20.8 Å². The first kappa shape index (κ1) is 21.3. The Morgan fingerprint density at radius 1 is 0.700 bits per heavy atom. The summed E-state index contributed by atoms with van der Waals surface area (Å²) >= 11 is 0. The maximum absolute atomic E-state index is 13.6. The number of benzene rings is 3. The summed E-state index contributed by atoms with van der Waals surface area (Å²) < 4.78 is 19.2. The molecule has 3 aromatic rings. The van der Waals surface area contributed by atoms with E-state index >= 15 is 0 Å². The fraction of sp³-hybridized carbons (Fsp3) is 0.130. The third kappa shape index (κ3) is 5.16. The quantitative estimate of drug-likeness (QED) is 0.550. The smallest absolute Gasteiger partial charge is 0.414 e. The Bertz CT molecular complexity index is 1060. The summed E-state index contributed by atoms with van der Waals surface area (Å²) in [6.45, 7) is 5.45. The Morgan fingerprint density at radius 2 is 1.13 bits per heavy atom. The molecular weight excluding hydrogens is 399 g/mol. The number of carbonyl (C=O) groups excluding carboxylic acids is 2. The highest BCUT2D eigenvalue weighted by atomic mass is 31.2. The van der Waals surface area contributed by atoms with E-state index in [4.69, 9.17) is 4.52 Å². The molecule has 0 atom stereocenters. The second-order valence-electron chi connectivity index (χ2n) is 6.97. The predicted molar refractivity (Wildman–Crippen MR) is 117 cm³/mol. The molecule has 3 rings (SSSR count). The first-order valence-electron chi connectivity index (χ1n) is 9.40. The number of hydrogen-bond acceptors (Lipinski definition) is 4. The first-order chi connectivity index (χ1) is 14.3. The van der Waals surface area contributed by atoms with Crippen LogP contribution >= 0.6 is 7.67 Å². The van der Waals surface area contributed by atoms with Crippen LogP contribution in [0.3, 0.4) is 0 Å². The van der Waals surface area contributed by atoms with E-state index in [0.29, 0.717) is 22.3 Å². The molecule has 0 radical (unpaired) electrons. The van der Waals surface area contributed by atoms with Crippen LogP contribution < -0.4 is 14.7 Å². The average Bonchev–Trinajstić information content (AvgIpc) is 2.70. The third-order valence-electron chi connectivity index (χ3n) is 4.53. The zero-order valence-electron chi connectivity index (χ0n) is 17.0. The van der Waals surface area contributed by atoms with Crippen molar-refractivity contribution in [2.75, 3.05) is 0 Å². The molecule has 0 aliphatic heterocycles. The summed E-state index contributed by atoms with van der Waals surface area (Å²) in [5.41, 5.74) is 3.10. The van der Waals surface area contributed by atoms with Crippen molar-refractivity contribution in [1.29, 1.82) is 0 Å². The van der Waals surface area contributed by atoms with E-state index in [-0.39, 0.29) is 5.75 Å². The molecule has 154 valence electrons. The second kappa shape index (κ2) is 8.97. The predicted octanol–water partition coefficient (Wildman–Crippen LogP) is 4.96. The van der Waals surface area contributed by atoms with E-state index in [2.05, 4.69) is 10.2 Å². The minimum absolute atomic E-state index is 0.263. The summed E-state index contributed by atoms with van der Waals surface area (Å²) in [6.07, 6.45) is 0. The fourth-order valence-corrected chi connectivity index (χ4v) is 4.21. The molecule has 0 bridgehead atoms.